The summed E-state index contributed by atoms with van der Waals surface area (Å²) in [6.45, 7) is 0. The van der Waals surface area contributed by atoms with E-state index in [9.17, 15) is 9.50 Å². The van der Waals surface area contributed by atoms with Gasteiger partial charge in [0.15, 0.2) is 11.5 Å². The molecule has 0 fully saturated rings. The number of aromatic nitrogens is 2. The molecule has 0 unspecified atom stereocenters. The first-order valence-electron chi connectivity index (χ1n) is 6.32. The monoisotopic (exact) mass is 411 g/mol. The van der Waals surface area contributed by atoms with Crippen molar-refractivity contribution in [3.05, 3.63) is 46.0 Å². The molecule has 7 heteroatoms. The average molecular weight is 411 g/mol. The number of halogens is 2. The van der Waals surface area contributed by atoms with E-state index in [2.05, 4.69) is 15.3 Å². The Morgan fingerprint density at radius 1 is 1.23 bits per heavy atom. The van der Waals surface area contributed by atoms with Crippen LogP contribution < -0.4 is 10.1 Å². The summed E-state index contributed by atoms with van der Waals surface area (Å²) < 4.78 is 19.9. The van der Waals surface area contributed by atoms with Crippen LogP contribution in [-0.2, 0) is 0 Å². The van der Waals surface area contributed by atoms with Crippen molar-refractivity contribution in [2.45, 2.75) is 0 Å². The summed E-state index contributed by atoms with van der Waals surface area (Å²) in [5.41, 5.74) is 0.842. The third-order valence-electron chi connectivity index (χ3n) is 3.12. The fourth-order valence-corrected chi connectivity index (χ4v) is 2.51. The molecule has 2 N–H and O–H groups in total. The number of nitrogens with one attached hydrogen (secondary N) is 1. The Morgan fingerprint density at radius 3 is 2.77 bits per heavy atom. The van der Waals surface area contributed by atoms with Crippen molar-refractivity contribution in [2.24, 2.45) is 0 Å². The third kappa shape index (κ3) is 2.76. The van der Waals surface area contributed by atoms with Gasteiger partial charge in [0, 0.05) is 15.0 Å². The number of anilines is 2. The Morgan fingerprint density at radius 2 is 2.05 bits per heavy atom. The van der Waals surface area contributed by atoms with Crippen LogP contribution in [-0.4, -0.2) is 22.2 Å². The van der Waals surface area contributed by atoms with Gasteiger partial charge >= 0.3 is 0 Å². The van der Waals surface area contributed by atoms with Gasteiger partial charge in [0.1, 0.15) is 18.0 Å². The first-order valence-corrected chi connectivity index (χ1v) is 7.40. The molecule has 0 saturated heterocycles. The number of hydrogen-bond donors (Lipinski definition) is 2. The van der Waals surface area contributed by atoms with E-state index in [4.69, 9.17) is 4.74 Å². The van der Waals surface area contributed by atoms with Crippen LogP contribution in [0.2, 0.25) is 0 Å². The number of phenols is 1. The number of benzene rings is 2. The van der Waals surface area contributed by atoms with Crippen LogP contribution >= 0.6 is 22.6 Å². The SMILES string of the molecule is COc1cc2c(Nc3ccc(I)cc3F)ncnc2cc1O. The summed E-state index contributed by atoms with van der Waals surface area (Å²) in [5.74, 6) is 0.348. The van der Waals surface area contributed by atoms with Crippen molar-refractivity contribution in [3.63, 3.8) is 0 Å². The molecule has 0 bridgehead atoms. The fourth-order valence-electron chi connectivity index (χ4n) is 2.05. The standard InChI is InChI=1S/C15H11FIN3O2/c1-22-14-5-9-12(6-13(14)21)18-7-19-15(9)20-11-3-2-8(17)4-10(11)16/h2-7,21H,1H3,(H,18,19,20). The summed E-state index contributed by atoms with van der Waals surface area (Å²) in [5, 5.41) is 13.4. The number of hydrogen-bond acceptors (Lipinski definition) is 5. The van der Waals surface area contributed by atoms with E-state index >= 15 is 0 Å². The zero-order valence-electron chi connectivity index (χ0n) is 11.5. The second kappa shape index (κ2) is 5.91. The van der Waals surface area contributed by atoms with Gasteiger partial charge in [-0.2, -0.15) is 0 Å². The summed E-state index contributed by atoms with van der Waals surface area (Å²) in [7, 11) is 1.45. The lowest BCUT2D eigenvalue weighted by atomic mass is 10.2. The number of aromatic hydroxyl groups is 1. The molecule has 1 heterocycles. The molecule has 2 aromatic carbocycles. The summed E-state index contributed by atoms with van der Waals surface area (Å²) >= 11 is 2.04. The van der Waals surface area contributed by atoms with E-state index in [1.165, 1.54) is 25.6 Å². The number of phenolic OH excluding ortho intramolecular Hbond substituents is 1. The molecule has 112 valence electrons. The van der Waals surface area contributed by atoms with Crippen molar-refractivity contribution in [2.75, 3.05) is 12.4 Å². The van der Waals surface area contributed by atoms with Crippen LogP contribution in [0.4, 0.5) is 15.9 Å². The number of methoxy groups -OCH3 is 1. The van der Waals surface area contributed by atoms with E-state index in [0.717, 1.165) is 3.57 Å². The predicted molar refractivity (Wildman–Crippen MR) is 90.2 cm³/mol. The number of rotatable bonds is 3. The Labute approximate surface area is 139 Å². The van der Waals surface area contributed by atoms with Crippen molar-refractivity contribution >= 4 is 45.0 Å². The quantitative estimate of drug-likeness (QED) is 0.642. The highest BCUT2D eigenvalue weighted by Crippen LogP contribution is 2.34. The van der Waals surface area contributed by atoms with Gasteiger partial charge in [-0.15, -0.1) is 0 Å². The van der Waals surface area contributed by atoms with Crippen molar-refractivity contribution in [1.29, 1.82) is 0 Å². The molecule has 1 aromatic heterocycles. The maximum atomic E-state index is 14.0. The first-order chi connectivity index (χ1) is 10.6. The van der Waals surface area contributed by atoms with Crippen LogP contribution in [0.3, 0.4) is 0 Å². The zero-order valence-corrected chi connectivity index (χ0v) is 13.6. The van der Waals surface area contributed by atoms with Gasteiger partial charge in [0.2, 0.25) is 0 Å². The van der Waals surface area contributed by atoms with Crippen LogP contribution in [0.5, 0.6) is 11.5 Å². The van der Waals surface area contributed by atoms with Gasteiger partial charge in [0.05, 0.1) is 18.3 Å². The van der Waals surface area contributed by atoms with Gasteiger partial charge in [-0.25, -0.2) is 14.4 Å². The molecular formula is C15H11FIN3O2. The maximum Gasteiger partial charge on any atom is 0.161 e. The summed E-state index contributed by atoms with van der Waals surface area (Å²) in [6, 6.07) is 7.95. The van der Waals surface area contributed by atoms with Gasteiger partial charge in [-0.05, 0) is 46.9 Å². The van der Waals surface area contributed by atoms with Gasteiger partial charge in [-0.1, -0.05) is 0 Å². The van der Waals surface area contributed by atoms with Gasteiger partial charge in [0.25, 0.3) is 0 Å². The molecule has 5 nitrogen and oxygen atoms in total. The number of ether oxygens (including phenoxy) is 1. The average Bonchev–Trinajstić information content (AvgIpc) is 2.49. The second-order valence-corrected chi connectivity index (χ2v) is 5.76. The minimum absolute atomic E-state index is 0.0138. The van der Waals surface area contributed by atoms with Crippen molar-refractivity contribution in [3.8, 4) is 11.5 Å². The molecule has 0 aliphatic carbocycles. The first kappa shape index (κ1) is 14.8. The highest BCUT2D eigenvalue weighted by Gasteiger charge is 2.11. The van der Waals surface area contributed by atoms with Crippen LogP contribution in [0, 0.1) is 9.39 Å². The van der Waals surface area contributed by atoms with E-state index in [-0.39, 0.29) is 11.6 Å². The second-order valence-electron chi connectivity index (χ2n) is 4.51. The molecular weight excluding hydrogens is 400 g/mol. The van der Waals surface area contributed by atoms with E-state index in [0.29, 0.717) is 28.2 Å². The van der Waals surface area contributed by atoms with E-state index in [1.807, 2.05) is 22.6 Å². The normalized spacial score (nSPS) is 10.7. The molecule has 0 amide bonds. The number of nitrogens with zero attached hydrogens (tertiary/aromatic N) is 2. The van der Waals surface area contributed by atoms with Gasteiger partial charge < -0.3 is 15.2 Å². The Bertz CT molecular complexity index is 858. The highest BCUT2D eigenvalue weighted by molar-refractivity contribution is 14.1. The largest absolute Gasteiger partial charge is 0.504 e. The molecule has 0 aliphatic heterocycles. The lowest BCUT2D eigenvalue weighted by Gasteiger charge is -2.11. The zero-order chi connectivity index (χ0) is 15.7. The van der Waals surface area contributed by atoms with Crippen molar-refractivity contribution in [1.82, 2.24) is 9.97 Å². The Balaban J connectivity index is 2.10. The lowest BCUT2D eigenvalue weighted by Crippen LogP contribution is -1.99. The van der Waals surface area contributed by atoms with Crippen LogP contribution in [0.25, 0.3) is 10.9 Å². The summed E-state index contributed by atoms with van der Waals surface area (Å²) in [6.07, 6.45) is 1.35. The predicted octanol–water partition coefficient (Wildman–Crippen LogP) is 3.83. The van der Waals surface area contributed by atoms with E-state index in [1.54, 1.807) is 18.2 Å². The summed E-state index contributed by atoms with van der Waals surface area (Å²) in [4.78, 5) is 8.24. The third-order valence-corrected chi connectivity index (χ3v) is 3.79. The minimum Gasteiger partial charge on any atom is -0.504 e. The molecule has 0 saturated carbocycles. The number of fused-ring (bicyclic) bond motifs is 1. The molecule has 3 rings (SSSR count). The Kier molecular flexibility index (Phi) is 3.97. The molecule has 22 heavy (non-hydrogen) atoms. The van der Waals surface area contributed by atoms with Crippen LogP contribution in [0.1, 0.15) is 0 Å². The molecule has 0 spiro atoms. The van der Waals surface area contributed by atoms with Crippen LogP contribution in [0.15, 0.2) is 36.7 Å². The van der Waals surface area contributed by atoms with Crippen molar-refractivity contribution < 1.29 is 14.2 Å². The fraction of sp³-hybridized carbons (Fsp3) is 0.0667. The lowest BCUT2D eigenvalue weighted by molar-refractivity contribution is 0.374. The van der Waals surface area contributed by atoms with E-state index < -0.39 is 0 Å². The Hall–Kier alpha value is -2.16. The molecule has 0 radical (unpaired) electrons. The molecule has 3 aromatic rings. The molecule has 0 aliphatic rings. The highest BCUT2D eigenvalue weighted by atomic mass is 127. The topological polar surface area (TPSA) is 67.3 Å². The minimum atomic E-state index is -0.371. The van der Waals surface area contributed by atoms with Gasteiger partial charge in [-0.3, -0.25) is 0 Å². The molecule has 0 atom stereocenters. The maximum absolute atomic E-state index is 14.0. The smallest absolute Gasteiger partial charge is 0.161 e.